The Bertz CT molecular complexity index is 69.4. The van der Waals surface area contributed by atoms with Crippen LogP contribution in [0.4, 0.5) is 0 Å². The zero-order chi connectivity index (χ0) is 6.53. The normalized spacial score (nSPS) is 27.0. The van der Waals surface area contributed by atoms with Crippen LogP contribution in [0.3, 0.4) is 0 Å². The van der Waals surface area contributed by atoms with Gasteiger partial charge in [0.25, 0.3) is 0 Å². The monoisotopic (exact) mass is 134 g/mol. The molecular weight excluding hydrogens is 124 g/mol. The summed E-state index contributed by atoms with van der Waals surface area (Å²) in [4.78, 5) is 0. The van der Waals surface area contributed by atoms with Gasteiger partial charge in [0, 0.05) is 0 Å². The molecule has 1 aliphatic rings. The van der Waals surface area contributed by atoms with Crippen molar-refractivity contribution in [3.8, 4) is 0 Å². The minimum absolute atomic E-state index is 0.0112. The van der Waals surface area contributed by atoms with Gasteiger partial charge in [0.15, 0.2) is 0 Å². The predicted molar refractivity (Wildman–Crippen MR) is 28.7 cm³/mol. The number of hydrogen-bond donors (Lipinski definition) is 1. The minimum Gasteiger partial charge on any atom is -0.371 e. The highest BCUT2D eigenvalue weighted by atomic mass is 16.7. The molecule has 4 heteroatoms. The maximum Gasteiger partial charge on any atom is 0.147 e. The molecule has 1 atom stereocenters. The third-order valence-corrected chi connectivity index (χ3v) is 1.09. The van der Waals surface area contributed by atoms with E-state index in [0.29, 0.717) is 20.0 Å². The molecule has 0 radical (unpaired) electrons. The second kappa shape index (κ2) is 3.79. The fourth-order valence-corrected chi connectivity index (χ4v) is 0.652. The average molecular weight is 134 g/mol. The van der Waals surface area contributed by atoms with Crippen LogP contribution < -0.4 is 0 Å². The molecule has 0 aromatic rings. The Labute approximate surface area is 53.3 Å². The Morgan fingerprint density at radius 3 is 3.11 bits per heavy atom. The lowest BCUT2D eigenvalue weighted by Crippen LogP contribution is -2.17. The molecule has 0 aromatic heterocycles. The maximum absolute atomic E-state index is 8.21. The number of aliphatic hydroxyl groups excluding tert-OH is 1. The van der Waals surface area contributed by atoms with Crippen molar-refractivity contribution >= 4 is 0 Å². The number of ether oxygens (including phenoxy) is 3. The van der Waals surface area contributed by atoms with Crippen molar-refractivity contribution in [2.75, 3.05) is 26.8 Å². The van der Waals surface area contributed by atoms with Gasteiger partial charge in [-0.15, -0.1) is 0 Å². The van der Waals surface area contributed by atoms with E-state index in [1.807, 2.05) is 0 Å². The average Bonchev–Trinajstić information content (AvgIpc) is 2.34. The zero-order valence-corrected chi connectivity index (χ0v) is 5.08. The lowest BCUT2D eigenvalue weighted by molar-refractivity contribution is -0.0480. The van der Waals surface area contributed by atoms with E-state index in [1.54, 1.807) is 0 Å². The van der Waals surface area contributed by atoms with Crippen molar-refractivity contribution in [1.82, 2.24) is 0 Å². The molecule has 1 saturated heterocycles. The molecule has 1 fully saturated rings. The van der Waals surface area contributed by atoms with Crippen LogP contribution >= 0.6 is 0 Å². The Kier molecular flexibility index (Phi) is 2.93. The van der Waals surface area contributed by atoms with E-state index in [-0.39, 0.29) is 12.9 Å². The Morgan fingerprint density at radius 1 is 1.67 bits per heavy atom. The fraction of sp³-hybridized carbons (Fsp3) is 1.00. The Hall–Kier alpha value is -0.160. The van der Waals surface area contributed by atoms with E-state index in [2.05, 4.69) is 4.74 Å². The van der Waals surface area contributed by atoms with Crippen LogP contribution in [0.5, 0.6) is 0 Å². The molecule has 0 aromatic carbocycles. The summed E-state index contributed by atoms with van der Waals surface area (Å²) in [7, 11) is 0. The van der Waals surface area contributed by atoms with Gasteiger partial charge in [-0.25, -0.2) is 0 Å². The van der Waals surface area contributed by atoms with Crippen LogP contribution in [0.2, 0.25) is 0 Å². The fourth-order valence-electron chi connectivity index (χ4n) is 0.652. The lowest BCUT2D eigenvalue weighted by atomic mass is 10.4. The summed E-state index contributed by atoms with van der Waals surface area (Å²) in [5.41, 5.74) is 0. The van der Waals surface area contributed by atoms with Gasteiger partial charge in [-0.3, -0.25) is 0 Å². The molecule has 0 bridgehead atoms. The third kappa shape index (κ3) is 2.28. The van der Waals surface area contributed by atoms with Crippen molar-refractivity contribution in [3.05, 3.63) is 0 Å². The molecule has 1 unspecified atom stereocenters. The SMILES string of the molecule is OCOCC1COCO1. The first-order valence-corrected chi connectivity index (χ1v) is 2.81. The molecule has 1 rings (SSSR count). The first-order valence-electron chi connectivity index (χ1n) is 2.81. The largest absolute Gasteiger partial charge is 0.371 e. The smallest absolute Gasteiger partial charge is 0.147 e. The van der Waals surface area contributed by atoms with Crippen LogP contribution in [-0.4, -0.2) is 38.0 Å². The first kappa shape index (κ1) is 6.95. The van der Waals surface area contributed by atoms with E-state index < -0.39 is 0 Å². The van der Waals surface area contributed by atoms with Crippen LogP contribution in [0.15, 0.2) is 0 Å². The van der Waals surface area contributed by atoms with Gasteiger partial charge in [0.05, 0.1) is 13.2 Å². The summed E-state index contributed by atoms with van der Waals surface area (Å²) in [6.07, 6.45) is 0.0112. The van der Waals surface area contributed by atoms with E-state index in [0.717, 1.165) is 0 Å². The van der Waals surface area contributed by atoms with E-state index in [9.17, 15) is 0 Å². The highest BCUT2D eigenvalue weighted by Crippen LogP contribution is 2.01. The van der Waals surface area contributed by atoms with Crippen LogP contribution in [0.25, 0.3) is 0 Å². The highest BCUT2D eigenvalue weighted by molar-refractivity contribution is 4.56. The second-order valence-corrected chi connectivity index (χ2v) is 1.78. The number of hydrogen-bond acceptors (Lipinski definition) is 4. The molecule has 0 spiro atoms. The van der Waals surface area contributed by atoms with Gasteiger partial charge in [0.2, 0.25) is 0 Å². The highest BCUT2D eigenvalue weighted by Gasteiger charge is 2.15. The minimum atomic E-state index is -0.250. The molecule has 1 heterocycles. The van der Waals surface area contributed by atoms with Gasteiger partial charge in [-0.1, -0.05) is 0 Å². The van der Waals surface area contributed by atoms with Crippen molar-refractivity contribution in [3.63, 3.8) is 0 Å². The van der Waals surface area contributed by atoms with Gasteiger partial charge in [-0.05, 0) is 0 Å². The van der Waals surface area contributed by atoms with Gasteiger partial charge >= 0.3 is 0 Å². The number of rotatable bonds is 3. The predicted octanol–water partition coefficient (Wildman–Crippen LogP) is -0.674. The van der Waals surface area contributed by atoms with E-state index in [4.69, 9.17) is 14.6 Å². The van der Waals surface area contributed by atoms with Crippen molar-refractivity contribution in [1.29, 1.82) is 0 Å². The quantitative estimate of drug-likeness (QED) is 0.520. The van der Waals surface area contributed by atoms with Gasteiger partial charge in [0.1, 0.15) is 19.7 Å². The summed E-state index contributed by atoms with van der Waals surface area (Å²) in [5, 5.41) is 8.21. The molecule has 9 heavy (non-hydrogen) atoms. The maximum atomic E-state index is 8.21. The van der Waals surface area contributed by atoms with E-state index >= 15 is 0 Å². The van der Waals surface area contributed by atoms with E-state index in [1.165, 1.54) is 0 Å². The topological polar surface area (TPSA) is 47.9 Å². The second-order valence-electron chi connectivity index (χ2n) is 1.78. The Morgan fingerprint density at radius 2 is 2.56 bits per heavy atom. The summed E-state index contributed by atoms with van der Waals surface area (Å²) in [6, 6.07) is 0. The summed E-state index contributed by atoms with van der Waals surface area (Å²) in [5.74, 6) is 0. The summed E-state index contributed by atoms with van der Waals surface area (Å²) < 4.78 is 14.5. The molecule has 0 amide bonds. The molecule has 1 aliphatic heterocycles. The number of aliphatic hydroxyl groups is 1. The summed E-state index contributed by atoms with van der Waals surface area (Å²) in [6.45, 7) is 1.08. The summed E-state index contributed by atoms with van der Waals surface area (Å²) >= 11 is 0. The van der Waals surface area contributed by atoms with Crippen molar-refractivity contribution < 1.29 is 19.3 Å². The Balaban J connectivity index is 1.98. The standard InChI is InChI=1S/C5H10O4/c6-3-7-1-5-2-8-4-9-5/h5-6H,1-4H2. The van der Waals surface area contributed by atoms with Crippen LogP contribution in [0, 0.1) is 0 Å². The van der Waals surface area contributed by atoms with Crippen LogP contribution in [0.1, 0.15) is 0 Å². The molecule has 1 N–H and O–H groups in total. The molecule has 4 nitrogen and oxygen atoms in total. The van der Waals surface area contributed by atoms with Gasteiger partial charge < -0.3 is 19.3 Å². The van der Waals surface area contributed by atoms with Gasteiger partial charge in [-0.2, -0.15) is 0 Å². The lowest BCUT2D eigenvalue weighted by Gasteiger charge is -2.04. The third-order valence-electron chi connectivity index (χ3n) is 1.09. The first-order chi connectivity index (χ1) is 4.43. The van der Waals surface area contributed by atoms with Crippen molar-refractivity contribution in [2.24, 2.45) is 0 Å². The molecule has 0 saturated carbocycles. The van der Waals surface area contributed by atoms with Crippen molar-refractivity contribution in [2.45, 2.75) is 6.10 Å². The molecular formula is C5H10O4. The molecule has 0 aliphatic carbocycles. The van der Waals surface area contributed by atoms with Crippen LogP contribution in [-0.2, 0) is 14.2 Å². The molecule has 54 valence electrons. The zero-order valence-electron chi connectivity index (χ0n) is 5.08.